The maximum absolute atomic E-state index is 11.8. The Morgan fingerprint density at radius 2 is 1.93 bits per heavy atom. The Bertz CT molecular complexity index is 329. The van der Waals surface area contributed by atoms with Crippen LogP contribution in [0.4, 0.5) is 0 Å². The van der Waals surface area contributed by atoms with Crippen molar-refractivity contribution in [2.75, 3.05) is 13.1 Å². The molecule has 0 aliphatic carbocycles. The lowest BCUT2D eigenvalue weighted by atomic mass is 10.2. The van der Waals surface area contributed by atoms with Crippen molar-refractivity contribution in [3.8, 4) is 0 Å². The number of rotatable bonds is 4. The normalized spacial score (nSPS) is 10.7. The first-order chi connectivity index (χ1) is 7.10. The van der Waals surface area contributed by atoms with Gasteiger partial charge in [-0.1, -0.05) is 13.8 Å². The quantitative estimate of drug-likeness (QED) is 0.760. The topological polar surface area (TPSA) is 59.2 Å². The Morgan fingerprint density at radius 1 is 1.33 bits per heavy atom. The van der Waals surface area contributed by atoms with Gasteiger partial charge in [-0.05, 0) is 13.8 Å². The molecule has 0 radical (unpaired) electrons. The van der Waals surface area contributed by atoms with Gasteiger partial charge >= 0.3 is 11.8 Å². The van der Waals surface area contributed by atoms with Crippen LogP contribution in [0.3, 0.4) is 0 Å². The Kier molecular flexibility index (Phi) is 3.82. The third kappa shape index (κ3) is 2.55. The summed E-state index contributed by atoms with van der Waals surface area (Å²) in [4.78, 5) is 13.4. The van der Waals surface area contributed by atoms with Gasteiger partial charge in [0, 0.05) is 19.0 Å². The molecule has 0 aliphatic rings. The van der Waals surface area contributed by atoms with Crippen LogP contribution in [0.15, 0.2) is 4.42 Å². The smallest absolute Gasteiger partial charge is 0.311 e. The predicted molar refractivity (Wildman–Crippen MR) is 55.6 cm³/mol. The highest BCUT2D eigenvalue weighted by Crippen LogP contribution is 2.12. The first-order valence-electron chi connectivity index (χ1n) is 5.22. The van der Waals surface area contributed by atoms with Crippen LogP contribution in [0, 0.1) is 0 Å². The van der Waals surface area contributed by atoms with E-state index in [1.165, 1.54) is 0 Å². The average Bonchev–Trinajstić information content (AvgIpc) is 2.68. The molecule has 0 aromatic carbocycles. The van der Waals surface area contributed by atoms with Gasteiger partial charge in [-0.2, -0.15) is 0 Å². The Balaban J connectivity index is 2.82. The van der Waals surface area contributed by atoms with E-state index in [2.05, 4.69) is 10.2 Å². The summed E-state index contributed by atoms with van der Waals surface area (Å²) in [5, 5.41) is 7.57. The van der Waals surface area contributed by atoms with Gasteiger partial charge in [-0.25, -0.2) is 0 Å². The molecule has 5 heteroatoms. The minimum absolute atomic E-state index is 0.0856. The fourth-order valence-corrected chi connectivity index (χ4v) is 1.20. The summed E-state index contributed by atoms with van der Waals surface area (Å²) in [5.41, 5.74) is 0. The van der Waals surface area contributed by atoms with E-state index in [-0.39, 0.29) is 17.7 Å². The minimum Gasteiger partial charge on any atom is -0.417 e. The largest absolute Gasteiger partial charge is 0.417 e. The lowest BCUT2D eigenvalue weighted by Gasteiger charge is -2.15. The summed E-state index contributed by atoms with van der Waals surface area (Å²) < 4.78 is 5.28. The molecule has 1 aromatic heterocycles. The predicted octanol–water partition coefficient (Wildman–Crippen LogP) is 1.68. The van der Waals surface area contributed by atoms with Gasteiger partial charge < -0.3 is 9.32 Å². The van der Waals surface area contributed by atoms with Crippen molar-refractivity contribution in [2.45, 2.75) is 33.6 Å². The molecule has 0 N–H and O–H groups in total. The second-order valence-corrected chi connectivity index (χ2v) is 3.58. The lowest BCUT2D eigenvalue weighted by Crippen LogP contribution is -2.30. The maximum Gasteiger partial charge on any atom is 0.311 e. The van der Waals surface area contributed by atoms with E-state index in [1.807, 2.05) is 27.7 Å². The highest BCUT2D eigenvalue weighted by molar-refractivity contribution is 5.89. The van der Waals surface area contributed by atoms with E-state index in [0.717, 1.165) is 0 Å². The van der Waals surface area contributed by atoms with E-state index in [4.69, 9.17) is 4.42 Å². The van der Waals surface area contributed by atoms with Gasteiger partial charge in [0.2, 0.25) is 5.89 Å². The maximum atomic E-state index is 11.8. The number of amides is 1. The van der Waals surface area contributed by atoms with E-state index >= 15 is 0 Å². The Morgan fingerprint density at radius 3 is 2.33 bits per heavy atom. The molecule has 1 amide bonds. The average molecular weight is 211 g/mol. The molecule has 1 rings (SSSR count). The molecular weight excluding hydrogens is 194 g/mol. The molecule has 0 atom stereocenters. The molecule has 0 aliphatic heterocycles. The number of nitrogens with zero attached hydrogens (tertiary/aromatic N) is 3. The summed E-state index contributed by atoms with van der Waals surface area (Å²) >= 11 is 0. The third-order valence-electron chi connectivity index (χ3n) is 2.17. The number of hydrogen-bond donors (Lipinski definition) is 0. The molecule has 0 spiro atoms. The van der Waals surface area contributed by atoms with Crippen LogP contribution in [0.25, 0.3) is 0 Å². The SMILES string of the molecule is CCN(CC)C(=O)c1nnc(C(C)C)o1. The molecular formula is C10H17N3O2. The molecule has 0 unspecified atom stereocenters. The van der Waals surface area contributed by atoms with Gasteiger partial charge in [0.05, 0.1) is 0 Å². The van der Waals surface area contributed by atoms with Crippen molar-refractivity contribution >= 4 is 5.91 Å². The lowest BCUT2D eigenvalue weighted by molar-refractivity contribution is 0.0730. The van der Waals surface area contributed by atoms with Crippen LogP contribution in [-0.2, 0) is 0 Å². The Labute approximate surface area is 89.5 Å². The zero-order valence-electron chi connectivity index (χ0n) is 9.65. The van der Waals surface area contributed by atoms with Crippen molar-refractivity contribution in [3.63, 3.8) is 0 Å². The highest BCUT2D eigenvalue weighted by Gasteiger charge is 2.20. The molecule has 0 fully saturated rings. The number of carbonyl (C=O) groups excluding carboxylic acids is 1. The molecule has 15 heavy (non-hydrogen) atoms. The van der Waals surface area contributed by atoms with E-state index < -0.39 is 0 Å². The minimum atomic E-state index is -0.195. The standard InChI is InChI=1S/C10H17N3O2/c1-5-13(6-2)10(14)9-12-11-8(15-9)7(3)4/h7H,5-6H2,1-4H3. The molecule has 0 bridgehead atoms. The second-order valence-electron chi connectivity index (χ2n) is 3.58. The van der Waals surface area contributed by atoms with Crippen LogP contribution in [-0.4, -0.2) is 34.1 Å². The van der Waals surface area contributed by atoms with Gasteiger partial charge in [-0.15, -0.1) is 10.2 Å². The first-order valence-corrected chi connectivity index (χ1v) is 5.22. The van der Waals surface area contributed by atoms with Crippen LogP contribution in [0.1, 0.15) is 50.2 Å². The van der Waals surface area contributed by atoms with Gasteiger partial charge in [0.25, 0.3) is 0 Å². The van der Waals surface area contributed by atoms with Crippen molar-refractivity contribution < 1.29 is 9.21 Å². The number of hydrogen-bond acceptors (Lipinski definition) is 4. The summed E-state index contributed by atoms with van der Waals surface area (Å²) in [6.45, 7) is 9.02. The fourth-order valence-electron chi connectivity index (χ4n) is 1.20. The number of aromatic nitrogens is 2. The van der Waals surface area contributed by atoms with Gasteiger partial charge in [0.15, 0.2) is 0 Å². The first kappa shape index (κ1) is 11.7. The van der Waals surface area contributed by atoms with Crippen LogP contribution >= 0.6 is 0 Å². The molecule has 1 aromatic rings. The summed E-state index contributed by atoms with van der Waals surface area (Å²) in [7, 11) is 0. The van der Waals surface area contributed by atoms with E-state index in [1.54, 1.807) is 4.90 Å². The molecule has 1 heterocycles. The number of carbonyl (C=O) groups is 1. The molecule has 84 valence electrons. The van der Waals surface area contributed by atoms with Crippen molar-refractivity contribution in [1.82, 2.24) is 15.1 Å². The zero-order chi connectivity index (χ0) is 11.4. The Hall–Kier alpha value is -1.39. The summed E-state index contributed by atoms with van der Waals surface area (Å²) in [6.07, 6.45) is 0. The van der Waals surface area contributed by atoms with E-state index in [0.29, 0.717) is 19.0 Å². The van der Waals surface area contributed by atoms with Crippen LogP contribution < -0.4 is 0 Å². The van der Waals surface area contributed by atoms with Crippen molar-refractivity contribution in [3.05, 3.63) is 11.8 Å². The summed E-state index contributed by atoms with van der Waals surface area (Å²) in [5.74, 6) is 0.544. The molecule has 5 nitrogen and oxygen atoms in total. The monoisotopic (exact) mass is 211 g/mol. The van der Waals surface area contributed by atoms with Gasteiger partial charge in [0.1, 0.15) is 0 Å². The fraction of sp³-hybridized carbons (Fsp3) is 0.700. The van der Waals surface area contributed by atoms with Crippen LogP contribution in [0.2, 0.25) is 0 Å². The van der Waals surface area contributed by atoms with E-state index in [9.17, 15) is 4.79 Å². The van der Waals surface area contributed by atoms with Crippen molar-refractivity contribution in [2.24, 2.45) is 0 Å². The molecule has 0 saturated carbocycles. The summed E-state index contributed by atoms with van der Waals surface area (Å²) in [6, 6.07) is 0. The van der Waals surface area contributed by atoms with Crippen LogP contribution in [0.5, 0.6) is 0 Å². The zero-order valence-corrected chi connectivity index (χ0v) is 9.65. The highest BCUT2D eigenvalue weighted by atomic mass is 16.4. The van der Waals surface area contributed by atoms with Crippen molar-refractivity contribution in [1.29, 1.82) is 0 Å². The second kappa shape index (κ2) is 4.91. The molecule has 0 saturated heterocycles. The third-order valence-corrected chi connectivity index (χ3v) is 2.17. The van der Waals surface area contributed by atoms with Gasteiger partial charge in [-0.3, -0.25) is 4.79 Å².